The summed E-state index contributed by atoms with van der Waals surface area (Å²) in [4.78, 5) is 22.9. The maximum atomic E-state index is 12.0. The van der Waals surface area contributed by atoms with Gasteiger partial charge in [-0.15, -0.1) is 0 Å². The van der Waals surface area contributed by atoms with Crippen molar-refractivity contribution < 1.29 is 9.59 Å². The third-order valence-corrected chi connectivity index (χ3v) is 3.77. The molecule has 116 valence electrons. The van der Waals surface area contributed by atoms with Crippen LogP contribution in [0.5, 0.6) is 0 Å². The maximum Gasteiger partial charge on any atom is 0.312 e. The number of benzene rings is 1. The molecule has 21 heavy (non-hydrogen) atoms. The topological polar surface area (TPSA) is 84.2 Å². The molecule has 0 bridgehead atoms. The van der Waals surface area contributed by atoms with Crippen molar-refractivity contribution in [2.75, 3.05) is 18.6 Å². The lowest BCUT2D eigenvalue weighted by atomic mass is 10.1. The third-order valence-electron chi connectivity index (χ3n) is 2.87. The van der Waals surface area contributed by atoms with Gasteiger partial charge in [0.2, 0.25) is 5.91 Å². The van der Waals surface area contributed by atoms with Gasteiger partial charge in [-0.05, 0) is 42.5 Å². The van der Waals surface area contributed by atoms with Gasteiger partial charge in [0, 0.05) is 11.6 Å². The minimum absolute atomic E-state index is 0.211. The van der Waals surface area contributed by atoms with E-state index in [0.29, 0.717) is 24.4 Å². The molecule has 0 fully saturated rings. The van der Waals surface area contributed by atoms with Crippen LogP contribution in [0.1, 0.15) is 12.0 Å². The molecule has 0 saturated carbocycles. The summed E-state index contributed by atoms with van der Waals surface area (Å²) in [6, 6.07) is 6.19. The molecule has 1 atom stereocenters. The molecule has 0 aliphatic carbocycles. The minimum Gasteiger partial charge on any atom is -0.354 e. The molecule has 0 aromatic heterocycles. The first kappa shape index (κ1) is 17.7. The summed E-state index contributed by atoms with van der Waals surface area (Å²) >= 11 is 7.42. The highest BCUT2D eigenvalue weighted by atomic mass is 35.5. The number of nitrogens with two attached hydrogens (primary N) is 1. The second kappa shape index (κ2) is 9.52. The van der Waals surface area contributed by atoms with Gasteiger partial charge >= 0.3 is 6.03 Å². The second-order valence-electron chi connectivity index (χ2n) is 4.51. The zero-order valence-corrected chi connectivity index (χ0v) is 13.5. The van der Waals surface area contributed by atoms with Crippen molar-refractivity contribution in [3.05, 3.63) is 34.9 Å². The lowest BCUT2D eigenvalue weighted by molar-refractivity contribution is -0.122. The third kappa shape index (κ3) is 7.24. The zero-order chi connectivity index (χ0) is 15.7. The van der Waals surface area contributed by atoms with Crippen LogP contribution in [0.2, 0.25) is 5.02 Å². The Kier molecular flexibility index (Phi) is 8.00. The first-order valence-electron chi connectivity index (χ1n) is 6.60. The summed E-state index contributed by atoms with van der Waals surface area (Å²) < 4.78 is 0. The lowest BCUT2D eigenvalue weighted by Gasteiger charge is -2.16. The fraction of sp³-hybridized carbons (Fsp3) is 0.429. The number of nitrogens with one attached hydrogen (secondary N) is 2. The van der Waals surface area contributed by atoms with Crippen molar-refractivity contribution in [1.82, 2.24) is 10.6 Å². The fourth-order valence-corrected chi connectivity index (χ4v) is 2.38. The van der Waals surface area contributed by atoms with Crippen molar-refractivity contribution >= 4 is 35.3 Å². The number of halogens is 1. The largest absolute Gasteiger partial charge is 0.354 e. The molecular weight excluding hydrogens is 310 g/mol. The van der Waals surface area contributed by atoms with Gasteiger partial charge in [-0.1, -0.05) is 23.7 Å². The van der Waals surface area contributed by atoms with E-state index in [9.17, 15) is 9.59 Å². The van der Waals surface area contributed by atoms with E-state index < -0.39 is 12.1 Å². The van der Waals surface area contributed by atoms with Crippen LogP contribution in [0, 0.1) is 0 Å². The average Bonchev–Trinajstić information content (AvgIpc) is 2.45. The Labute approximate surface area is 134 Å². The van der Waals surface area contributed by atoms with Gasteiger partial charge in [0.25, 0.3) is 0 Å². The Bertz CT molecular complexity index is 468. The van der Waals surface area contributed by atoms with E-state index in [1.807, 2.05) is 30.5 Å². The highest BCUT2D eigenvalue weighted by molar-refractivity contribution is 7.98. The summed E-state index contributed by atoms with van der Waals surface area (Å²) in [6.45, 7) is 0.497. The van der Waals surface area contributed by atoms with E-state index in [1.54, 1.807) is 11.8 Å². The second-order valence-corrected chi connectivity index (χ2v) is 5.93. The van der Waals surface area contributed by atoms with Crippen LogP contribution in [-0.4, -0.2) is 36.5 Å². The van der Waals surface area contributed by atoms with Gasteiger partial charge in [0.1, 0.15) is 6.04 Å². The number of carbonyl (C=O) groups is 2. The summed E-state index contributed by atoms with van der Waals surface area (Å²) in [6.07, 6.45) is 3.20. The first-order chi connectivity index (χ1) is 10.0. The molecule has 0 aliphatic heterocycles. The molecule has 0 heterocycles. The van der Waals surface area contributed by atoms with Crippen LogP contribution in [0.4, 0.5) is 4.79 Å². The predicted molar refractivity (Wildman–Crippen MR) is 87.7 cm³/mol. The molecule has 7 heteroatoms. The molecule has 0 aliphatic rings. The fourth-order valence-electron chi connectivity index (χ4n) is 1.78. The van der Waals surface area contributed by atoms with Crippen LogP contribution in [0.15, 0.2) is 24.3 Å². The maximum absolute atomic E-state index is 12.0. The molecule has 1 aromatic rings. The summed E-state index contributed by atoms with van der Waals surface area (Å²) in [5.74, 6) is 0.562. The number of primary amides is 1. The van der Waals surface area contributed by atoms with E-state index in [1.165, 1.54) is 0 Å². The number of rotatable bonds is 8. The monoisotopic (exact) mass is 329 g/mol. The van der Waals surface area contributed by atoms with Gasteiger partial charge in [0.05, 0.1) is 0 Å². The number of hydrogen-bond donors (Lipinski definition) is 3. The van der Waals surface area contributed by atoms with Crippen LogP contribution < -0.4 is 16.4 Å². The highest BCUT2D eigenvalue weighted by Crippen LogP contribution is 2.09. The van der Waals surface area contributed by atoms with Crippen molar-refractivity contribution in [3.63, 3.8) is 0 Å². The summed E-state index contributed by atoms with van der Waals surface area (Å²) in [5, 5.41) is 5.96. The molecule has 1 aromatic carbocycles. The molecule has 0 radical (unpaired) electrons. The number of urea groups is 1. The highest BCUT2D eigenvalue weighted by Gasteiger charge is 2.18. The van der Waals surface area contributed by atoms with Crippen molar-refractivity contribution in [1.29, 1.82) is 0 Å². The van der Waals surface area contributed by atoms with Crippen LogP contribution in [0.25, 0.3) is 0 Å². The van der Waals surface area contributed by atoms with E-state index in [2.05, 4.69) is 10.6 Å². The normalized spacial score (nSPS) is 11.7. The van der Waals surface area contributed by atoms with Gasteiger partial charge in [-0.25, -0.2) is 4.79 Å². The molecule has 3 amide bonds. The molecular formula is C14H20ClN3O2S. The Morgan fingerprint density at radius 2 is 2.00 bits per heavy atom. The van der Waals surface area contributed by atoms with E-state index in [4.69, 9.17) is 17.3 Å². The minimum atomic E-state index is -0.686. The van der Waals surface area contributed by atoms with Crippen molar-refractivity contribution in [3.8, 4) is 0 Å². The van der Waals surface area contributed by atoms with Gasteiger partial charge < -0.3 is 16.4 Å². The predicted octanol–water partition coefficient (Wildman–Crippen LogP) is 1.79. The van der Waals surface area contributed by atoms with E-state index in [0.717, 1.165) is 11.3 Å². The SMILES string of the molecule is CSCC[C@H](NC(N)=O)C(=O)NCCc1ccc(Cl)cc1. The summed E-state index contributed by atoms with van der Waals surface area (Å²) in [5.41, 5.74) is 6.17. The van der Waals surface area contributed by atoms with Crippen LogP contribution >= 0.6 is 23.4 Å². The molecule has 5 nitrogen and oxygen atoms in total. The average molecular weight is 330 g/mol. The van der Waals surface area contributed by atoms with Crippen molar-refractivity contribution in [2.45, 2.75) is 18.9 Å². The lowest BCUT2D eigenvalue weighted by Crippen LogP contribution is -2.49. The Morgan fingerprint density at radius 3 is 2.57 bits per heavy atom. The standard InChI is InChI=1S/C14H20ClN3O2S/c1-21-9-7-12(18-14(16)20)13(19)17-8-6-10-2-4-11(15)5-3-10/h2-5,12H,6-9H2,1H3,(H,17,19)(H3,16,18,20)/t12-/m0/s1. The number of carbonyl (C=O) groups excluding carboxylic acids is 2. The first-order valence-corrected chi connectivity index (χ1v) is 8.37. The quantitative estimate of drug-likeness (QED) is 0.680. The van der Waals surface area contributed by atoms with Crippen LogP contribution in [0.3, 0.4) is 0 Å². The molecule has 1 rings (SSSR count). The number of hydrogen-bond acceptors (Lipinski definition) is 3. The Morgan fingerprint density at radius 1 is 1.33 bits per heavy atom. The molecule has 0 spiro atoms. The van der Waals surface area contributed by atoms with Gasteiger partial charge in [-0.3, -0.25) is 4.79 Å². The van der Waals surface area contributed by atoms with Crippen LogP contribution in [-0.2, 0) is 11.2 Å². The van der Waals surface area contributed by atoms with E-state index in [-0.39, 0.29) is 5.91 Å². The molecule has 0 saturated heterocycles. The number of amides is 3. The van der Waals surface area contributed by atoms with Gasteiger partial charge in [-0.2, -0.15) is 11.8 Å². The molecule has 4 N–H and O–H groups in total. The molecule has 0 unspecified atom stereocenters. The van der Waals surface area contributed by atoms with E-state index >= 15 is 0 Å². The van der Waals surface area contributed by atoms with Crippen molar-refractivity contribution in [2.24, 2.45) is 5.73 Å². The smallest absolute Gasteiger partial charge is 0.312 e. The summed E-state index contributed by atoms with van der Waals surface area (Å²) in [7, 11) is 0. The van der Waals surface area contributed by atoms with Gasteiger partial charge in [0.15, 0.2) is 0 Å². The zero-order valence-electron chi connectivity index (χ0n) is 11.9. The number of thioether (sulfide) groups is 1. The Balaban J connectivity index is 2.41. The Hall–Kier alpha value is -1.40.